The van der Waals surface area contributed by atoms with Crippen molar-refractivity contribution in [1.29, 1.82) is 5.26 Å². The zero-order valence-electron chi connectivity index (χ0n) is 24.3. The Balaban J connectivity index is 1.33. The quantitative estimate of drug-likeness (QED) is 0.281. The molecule has 2 N–H and O–H groups in total. The number of likely N-dealkylation sites (tertiary alicyclic amines) is 1. The van der Waals surface area contributed by atoms with Crippen LogP contribution in [-0.4, -0.2) is 71.9 Å². The van der Waals surface area contributed by atoms with Gasteiger partial charge in [-0.05, 0) is 61.8 Å². The molecule has 42 heavy (non-hydrogen) atoms. The summed E-state index contributed by atoms with van der Waals surface area (Å²) in [5.74, 6) is 2.22. The Labute approximate surface area is 245 Å². The summed E-state index contributed by atoms with van der Waals surface area (Å²) in [6.45, 7) is 2.83. The Morgan fingerprint density at radius 2 is 1.93 bits per heavy atom. The third kappa shape index (κ3) is 5.03. The Kier molecular flexibility index (Phi) is 7.50. The molecule has 10 heteroatoms. The molecule has 216 valence electrons. The number of nitrogens with zero attached hydrogens (tertiary/aromatic N) is 5. The number of hydrogen-bond donors (Lipinski definition) is 2. The highest BCUT2D eigenvalue weighted by Crippen LogP contribution is 2.43. The van der Waals surface area contributed by atoms with Gasteiger partial charge in [0.05, 0.1) is 21.3 Å². The maximum Gasteiger partial charge on any atom is 0.203 e. The minimum atomic E-state index is 0.444. The fourth-order valence-electron chi connectivity index (χ4n) is 5.93. The number of rotatable bonds is 9. The van der Waals surface area contributed by atoms with Gasteiger partial charge in [0.2, 0.25) is 5.75 Å². The van der Waals surface area contributed by atoms with Gasteiger partial charge in [-0.15, -0.1) is 0 Å². The van der Waals surface area contributed by atoms with E-state index >= 15 is 0 Å². The van der Waals surface area contributed by atoms with Crippen molar-refractivity contribution < 1.29 is 14.2 Å². The molecule has 0 saturated carbocycles. The molecule has 0 amide bonds. The highest BCUT2D eigenvalue weighted by atomic mass is 16.5. The lowest BCUT2D eigenvalue weighted by atomic mass is 10.0. The van der Waals surface area contributed by atoms with Gasteiger partial charge in [0.25, 0.3) is 0 Å². The van der Waals surface area contributed by atoms with Crippen molar-refractivity contribution in [2.45, 2.75) is 25.4 Å². The van der Waals surface area contributed by atoms with Crippen molar-refractivity contribution in [3.8, 4) is 34.6 Å². The molecule has 0 spiro atoms. The van der Waals surface area contributed by atoms with Crippen LogP contribution in [0.3, 0.4) is 0 Å². The first-order chi connectivity index (χ1) is 20.5. The predicted octanol–water partition coefficient (Wildman–Crippen LogP) is 5.32. The highest BCUT2D eigenvalue weighted by molar-refractivity contribution is 5.83. The first kappa shape index (κ1) is 27.3. The molecule has 10 nitrogen and oxygen atoms in total. The number of H-pyrrole nitrogens is 1. The molecule has 1 saturated heterocycles. The van der Waals surface area contributed by atoms with Crippen molar-refractivity contribution in [2.75, 3.05) is 46.8 Å². The van der Waals surface area contributed by atoms with Gasteiger partial charge in [0.15, 0.2) is 23.0 Å². The SMILES string of the molecule is COc1cc(-c2nc3c(C#N)c[nH]n3c2Nc2cccc(CN3C=C(C4CCCN4C)C=CC3)c2)cc(OC)c1OC. The highest BCUT2D eigenvalue weighted by Gasteiger charge is 2.25. The number of anilines is 2. The smallest absolute Gasteiger partial charge is 0.203 e. The fourth-order valence-corrected chi connectivity index (χ4v) is 5.93. The molecule has 1 fully saturated rings. The van der Waals surface area contributed by atoms with Crippen molar-refractivity contribution in [2.24, 2.45) is 0 Å². The van der Waals surface area contributed by atoms with E-state index in [2.05, 4.69) is 69.9 Å². The van der Waals surface area contributed by atoms with Crippen LogP contribution in [0.4, 0.5) is 11.5 Å². The van der Waals surface area contributed by atoms with Gasteiger partial charge in [0.1, 0.15) is 17.3 Å². The third-order valence-electron chi connectivity index (χ3n) is 7.98. The molecule has 4 heterocycles. The molecule has 2 aliphatic rings. The number of benzene rings is 2. The Hall–Kier alpha value is -4.88. The Bertz CT molecular complexity index is 1690. The summed E-state index contributed by atoms with van der Waals surface area (Å²) in [5.41, 5.74) is 5.82. The minimum Gasteiger partial charge on any atom is -0.493 e. The van der Waals surface area contributed by atoms with Gasteiger partial charge in [-0.2, -0.15) is 5.26 Å². The lowest BCUT2D eigenvalue weighted by Crippen LogP contribution is -2.29. The summed E-state index contributed by atoms with van der Waals surface area (Å²) < 4.78 is 18.5. The Morgan fingerprint density at radius 3 is 2.62 bits per heavy atom. The summed E-state index contributed by atoms with van der Waals surface area (Å²) in [7, 11) is 6.95. The molecule has 6 rings (SSSR count). The van der Waals surface area contributed by atoms with E-state index in [1.165, 1.54) is 24.0 Å². The first-order valence-electron chi connectivity index (χ1n) is 14.0. The van der Waals surface area contributed by atoms with Crippen LogP contribution >= 0.6 is 0 Å². The van der Waals surface area contributed by atoms with E-state index < -0.39 is 0 Å². The lowest BCUT2D eigenvalue weighted by molar-refractivity contribution is 0.324. The van der Waals surface area contributed by atoms with Gasteiger partial charge in [-0.25, -0.2) is 9.50 Å². The van der Waals surface area contributed by atoms with Crippen molar-refractivity contribution in [3.63, 3.8) is 0 Å². The van der Waals surface area contributed by atoms with Gasteiger partial charge in [0, 0.05) is 42.8 Å². The van der Waals surface area contributed by atoms with Crippen LogP contribution in [0.5, 0.6) is 17.2 Å². The number of ether oxygens (including phenoxy) is 3. The Morgan fingerprint density at radius 1 is 1.12 bits per heavy atom. The van der Waals surface area contributed by atoms with Crippen LogP contribution in [0.25, 0.3) is 16.9 Å². The molecule has 0 bridgehead atoms. The van der Waals surface area contributed by atoms with Gasteiger partial charge < -0.3 is 24.4 Å². The number of likely N-dealkylation sites (N-methyl/N-ethyl adjacent to an activating group) is 1. The molecular formula is C32H35N7O3. The van der Waals surface area contributed by atoms with E-state index in [1.807, 2.05) is 18.2 Å². The molecule has 1 unspecified atom stereocenters. The standard InChI is InChI=1S/C32H35N7O3/c1-37-12-7-11-26(37)22-9-6-13-38(20-22)19-21-8-5-10-25(14-21)35-32-29(36-31-24(17-33)18-34-39(31)32)23-15-27(40-2)30(42-4)28(16-23)41-3/h5-6,8-10,14-16,18,20,26,34-35H,7,11-13,19H2,1-4H3. The predicted molar refractivity (Wildman–Crippen MR) is 162 cm³/mol. The second-order valence-corrected chi connectivity index (χ2v) is 10.6. The second-order valence-electron chi connectivity index (χ2n) is 10.6. The largest absolute Gasteiger partial charge is 0.493 e. The summed E-state index contributed by atoms with van der Waals surface area (Å²) in [6, 6.07) is 14.8. The van der Waals surface area contributed by atoms with Gasteiger partial charge in [-0.1, -0.05) is 24.3 Å². The monoisotopic (exact) mass is 565 g/mol. The molecule has 2 aliphatic heterocycles. The molecule has 0 radical (unpaired) electrons. The number of aromatic nitrogens is 3. The topological polar surface area (TPSA) is 103 Å². The van der Waals surface area contributed by atoms with E-state index in [0.29, 0.717) is 46.0 Å². The van der Waals surface area contributed by atoms with E-state index in [-0.39, 0.29) is 0 Å². The molecule has 0 aliphatic carbocycles. The number of imidazole rings is 1. The zero-order chi connectivity index (χ0) is 29.2. The third-order valence-corrected chi connectivity index (χ3v) is 7.98. The van der Waals surface area contributed by atoms with Crippen LogP contribution in [0.2, 0.25) is 0 Å². The minimum absolute atomic E-state index is 0.444. The van der Waals surface area contributed by atoms with Crippen LogP contribution in [0.1, 0.15) is 24.0 Å². The van der Waals surface area contributed by atoms with E-state index in [9.17, 15) is 5.26 Å². The van der Waals surface area contributed by atoms with Crippen LogP contribution in [0.15, 0.2) is 66.5 Å². The molecule has 2 aromatic carbocycles. The molecule has 4 aromatic rings. The maximum absolute atomic E-state index is 9.70. The van der Waals surface area contributed by atoms with Crippen LogP contribution in [-0.2, 0) is 6.54 Å². The van der Waals surface area contributed by atoms with Gasteiger partial charge in [-0.3, -0.25) is 10.00 Å². The summed E-state index contributed by atoms with van der Waals surface area (Å²) in [4.78, 5) is 9.66. The number of aromatic amines is 1. The number of hydrogen-bond acceptors (Lipinski definition) is 8. The van der Waals surface area contributed by atoms with E-state index in [1.54, 1.807) is 32.0 Å². The van der Waals surface area contributed by atoms with E-state index in [0.717, 1.165) is 30.9 Å². The second kappa shape index (κ2) is 11.5. The van der Waals surface area contributed by atoms with Crippen molar-refractivity contribution in [3.05, 3.63) is 77.6 Å². The number of fused-ring (bicyclic) bond motifs is 1. The average molecular weight is 566 g/mol. The zero-order valence-corrected chi connectivity index (χ0v) is 24.3. The molecule has 2 aromatic heterocycles. The number of methoxy groups -OCH3 is 3. The summed E-state index contributed by atoms with van der Waals surface area (Å²) >= 11 is 0. The van der Waals surface area contributed by atoms with E-state index in [4.69, 9.17) is 19.2 Å². The van der Waals surface area contributed by atoms with Crippen molar-refractivity contribution >= 4 is 17.2 Å². The maximum atomic E-state index is 9.70. The lowest BCUT2D eigenvalue weighted by Gasteiger charge is -2.28. The van der Waals surface area contributed by atoms with Crippen LogP contribution < -0.4 is 19.5 Å². The number of nitriles is 1. The summed E-state index contributed by atoms with van der Waals surface area (Å²) in [6.07, 6.45) is 11.0. The van der Waals surface area contributed by atoms with Crippen molar-refractivity contribution in [1.82, 2.24) is 24.4 Å². The first-order valence-corrected chi connectivity index (χ1v) is 14.0. The molecular weight excluding hydrogens is 530 g/mol. The normalized spacial score (nSPS) is 16.9. The average Bonchev–Trinajstić information content (AvgIpc) is 3.72. The summed E-state index contributed by atoms with van der Waals surface area (Å²) in [5, 5.41) is 16.4. The fraction of sp³-hybridized carbons (Fsp3) is 0.312. The van der Waals surface area contributed by atoms with Gasteiger partial charge >= 0.3 is 0 Å². The molecule has 1 atom stereocenters. The number of nitrogens with one attached hydrogen (secondary N) is 2. The van der Waals surface area contributed by atoms with Crippen LogP contribution in [0, 0.1) is 11.3 Å².